The summed E-state index contributed by atoms with van der Waals surface area (Å²) in [5.41, 5.74) is 1.24. The Balaban J connectivity index is 1.65. The van der Waals surface area contributed by atoms with E-state index in [1.165, 1.54) is 6.08 Å². The minimum atomic E-state index is -0.679. The van der Waals surface area contributed by atoms with E-state index in [1.807, 2.05) is 0 Å². The van der Waals surface area contributed by atoms with Gasteiger partial charge in [-0.25, -0.2) is 9.59 Å². The Labute approximate surface area is 148 Å². The third-order valence-corrected chi connectivity index (χ3v) is 7.38. The fraction of sp³-hybridized carbons (Fsp3) is 0.700. The van der Waals surface area contributed by atoms with Gasteiger partial charge < -0.3 is 14.6 Å². The Morgan fingerprint density at radius 1 is 1.32 bits per heavy atom. The molecule has 1 spiro atoms. The highest BCUT2D eigenvalue weighted by molar-refractivity contribution is 5.92. The van der Waals surface area contributed by atoms with Crippen LogP contribution in [0.2, 0.25) is 0 Å². The Morgan fingerprint density at radius 2 is 2.12 bits per heavy atom. The van der Waals surface area contributed by atoms with Crippen molar-refractivity contribution in [1.82, 2.24) is 0 Å². The maximum Gasteiger partial charge on any atom is 0.334 e. The molecule has 0 radical (unpaired) electrons. The lowest BCUT2D eigenvalue weighted by Gasteiger charge is -2.57. The van der Waals surface area contributed by atoms with Gasteiger partial charge in [0.2, 0.25) is 0 Å². The lowest BCUT2D eigenvalue weighted by Crippen LogP contribution is -2.52. The minimum Gasteiger partial charge on any atom is -0.461 e. The van der Waals surface area contributed by atoms with Crippen LogP contribution in [0, 0.1) is 22.7 Å². The molecule has 0 aromatic rings. The maximum absolute atomic E-state index is 12.2. The normalized spacial score (nSPS) is 41.2. The number of hydrogen-bond acceptors (Lipinski definition) is 5. The number of ether oxygens (including phenoxy) is 2. The zero-order valence-corrected chi connectivity index (χ0v) is 14.9. The minimum absolute atomic E-state index is 0.113. The van der Waals surface area contributed by atoms with Crippen LogP contribution in [0.1, 0.15) is 46.0 Å². The standard InChI is InChI=1S/C20H26O5/c1-12-6-7-20-11-25-18(23)14(20)4-3-5-16(20)19(12,2)9-15(21)13-8-17(22)24-10-13/h4,8,12,15-16,21H,3,5-7,9-11H2,1-2H3/t12-,15-,16-,19+,20-/m1/s1. The van der Waals surface area contributed by atoms with E-state index in [-0.39, 0.29) is 29.4 Å². The second-order valence-corrected chi connectivity index (χ2v) is 8.47. The van der Waals surface area contributed by atoms with Crippen molar-refractivity contribution in [3.63, 3.8) is 0 Å². The molecule has 2 aliphatic heterocycles. The Kier molecular flexibility index (Phi) is 3.83. The fourth-order valence-corrected chi connectivity index (χ4v) is 5.76. The number of carbonyl (C=O) groups is 2. The number of esters is 2. The number of hydrogen-bond donors (Lipinski definition) is 1. The molecule has 4 rings (SSSR count). The average molecular weight is 346 g/mol. The summed E-state index contributed by atoms with van der Waals surface area (Å²) < 4.78 is 10.4. The highest BCUT2D eigenvalue weighted by Gasteiger charge is 2.61. The van der Waals surface area contributed by atoms with E-state index in [0.717, 1.165) is 31.3 Å². The third kappa shape index (κ3) is 2.39. The van der Waals surface area contributed by atoms with Crippen molar-refractivity contribution in [1.29, 1.82) is 0 Å². The van der Waals surface area contributed by atoms with Gasteiger partial charge in [-0.15, -0.1) is 0 Å². The van der Waals surface area contributed by atoms with Crippen LogP contribution in [0.4, 0.5) is 0 Å². The fourth-order valence-electron chi connectivity index (χ4n) is 5.76. The molecule has 1 N–H and O–H groups in total. The summed E-state index contributed by atoms with van der Waals surface area (Å²) in [5, 5.41) is 10.8. The molecule has 0 aromatic heterocycles. The molecule has 0 amide bonds. The summed E-state index contributed by atoms with van der Waals surface area (Å²) >= 11 is 0. The molecule has 136 valence electrons. The molecule has 2 fully saturated rings. The summed E-state index contributed by atoms with van der Waals surface area (Å²) in [7, 11) is 0. The monoisotopic (exact) mass is 346 g/mol. The predicted molar refractivity (Wildman–Crippen MR) is 90.4 cm³/mol. The molecule has 5 heteroatoms. The topological polar surface area (TPSA) is 72.8 Å². The van der Waals surface area contributed by atoms with Crippen molar-refractivity contribution in [3.05, 3.63) is 23.3 Å². The first kappa shape index (κ1) is 16.8. The van der Waals surface area contributed by atoms with Crippen LogP contribution in [0.3, 0.4) is 0 Å². The Hall–Kier alpha value is -1.62. The lowest BCUT2D eigenvalue weighted by molar-refractivity contribution is -0.136. The highest BCUT2D eigenvalue weighted by Crippen LogP contribution is 2.63. The van der Waals surface area contributed by atoms with E-state index in [0.29, 0.717) is 30.4 Å². The van der Waals surface area contributed by atoms with Gasteiger partial charge in [0, 0.05) is 22.6 Å². The van der Waals surface area contributed by atoms with Crippen LogP contribution in [-0.2, 0) is 19.1 Å². The van der Waals surface area contributed by atoms with E-state index in [9.17, 15) is 14.7 Å². The van der Waals surface area contributed by atoms with Crippen molar-refractivity contribution >= 4 is 11.9 Å². The number of aliphatic hydroxyl groups is 1. The number of cyclic esters (lactones) is 2. The molecule has 5 nitrogen and oxygen atoms in total. The van der Waals surface area contributed by atoms with Gasteiger partial charge >= 0.3 is 11.9 Å². The SMILES string of the molecule is C[C@@H]1CC[C@@]23COC(=O)C2=CCC[C@@H]3[C@@]1(C)C[C@@H](O)C1=CC(=O)OC1. The second kappa shape index (κ2) is 5.70. The van der Waals surface area contributed by atoms with Crippen LogP contribution < -0.4 is 0 Å². The first-order chi connectivity index (χ1) is 11.9. The van der Waals surface area contributed by atoms with Gasteiger partial charge in [0.15, 0.2) is 0 Å². The molecule has 1 saturated carbocycles. The molecule has 0 bridgehead atoms. The molecule has 2 heterocycles. The Bertz CT molecular complexity index is 678. The van der Waals surface area contributed by atoms with Crippen molar-refractivity contribution in [2.24, 2.45) is 22.7 Å². The molecule has 0 aromatic carbocycles. The van der Waals surface area contributed by atoms with Crippen molar-refractivity contribution in [2.75, 3.05) is 13.2 Å². The van der Waals surface area contributed by atoms with Gasteiger partial charge in [-0.1, -0.05) is 19.9 Å². The number of carbonyl (C=O) groups excluding carboxylic acids is 2. The molecule has 5 atom stereocenters. The first-order valence-corrected chi connectivity index (χ1v) is 9.30. The summed E-state index contributed by atoms with van der Waals surface area (Å²) in [6.07, 6.45) is 7.30. The molecule has 1 saturated heterocycles. The van der Waals surface area contributed by atoms with Crippen molar-refractivity contribution in [3.8, 4) is 0 Å². The second-order valence-electron chi connectivity index (χ2n) is 8.47. The van der Waals surface area contributed by atoms with E-state index in [4.69, 9.17) is 9.47 Å². The predicted octanol–water partition coefficient (Wildman–Crippen LogP) is 2.54. The number of rotatable bonds is 3. The summed E-state index contributed by atoms with van der Waals surface area (Å²) in [5.74, 6) is 0.222. The molecule has 25 heavy (non-hydrogen) atoms. The van der Waals surface area contributed by atoms with Gasteiger partial charge in [-0.2, -0.15) is 0 Å². The first-order valence-electron chi connectivity index (χ1n) is 9.30. The van der Waals surface area contributed by atoms with Crippen molar-refractivity contribution in [2.45, 2.75) is 52.1 Å². The summed E-state index contributed by atoms with van der Waals surface area (Å²) in [6, 6.07) is 0. The van der Waals surface area contributed by atoms with Crippen LogP contribution in [0.15, 0.2) is 23.3 Å². The molecule has 2 aliphatic carbocycles. The van der Waals surface area contributed by atoms with E-state index >= 15 is 0 Å². The number of allylic oxidation sites excluding steroid dienone is 1. The molecule has 0 unspecified atom stereocenters. The van der Waals surface area contributed by atoms with Gasteiger partial charge in [0.1, 0.15) is 13.2 Å². The van der Waals surface area contributed by atoms with Gasteiger partial charge in [-0.05, 0) is 49.4 Å². The van der Waals surface area contributed by atoms with Gasteiger partial charge in [-0.3, -0.25) is 0 Å². The number of aliphatic hydroxyl groups excluding tert-OH is 1. The quantitative estimate of drug-likeness (QED) is 0.795. The van der Waals surface area contributed by atoms with Crippen LogP contribution >= 0.6 is 0 Å². The molecular weight excluding hydrogens is 320 g/mol. The zero-order valence-electron chi connectivity index (χ0n) is 14.9. The lowest BCUT2D eigenvalue weighted by atomic mass is 9.46. The van der Waals surface area contributed by atoms with Crippen molar-refractivity contribution < 1.29 is 24.2 Å². The maximum atomic E-state index is 12.2. The molecular formula is C20H26O5. The zero-order chi connectivity index (χ0) is 17.8. The largest absolute Gasteiger partial charge is 0.461 e. The average Bonchev–Trinajstić information content (AvgIpc) is 3.16. The van der Waals surface area contributed by atoms with E-state index in [1.54, 1.807) is 0 Å². The van der Waals surface area contributed by atoms with Crippen LogP contribution in [-0.4, -0.2) is 36.4 Å². The molecule has 4 aliphatic rings. The Morgan fingerprint density at radius 3 is 2.84 bits per heavy atom. The third-order valence-electron chi connectivity index (χ3n) is 7.38. The summed E-state index contributed by atoms with van der Waals surface area (Å²) in [4.78, 5) is 23.6. The highest BCUT2D eigenvalue weighted by atomic mass is 16.5. The van der Waals surface area contributed by atoms with Crippen LogP contribution in [0.25, 0.3) is 0 Å². The summed E-state index contributed by atoms with van der Waals surface area (Å²) in [6.45, 7) is 5.16. The van der Waals surface area contributed by atoms with E-state index in [2.05, 4.69) is 19.9 Å². The van der Waals surface area contributed by atoms with E-state index < -0.39 is 6.10 Å². The van der Waals surface area contributed by atoms with Crippen LogP contribution in [0.5, 0.6) is 0 Å². The smallest absolute Gasteiger partial charge is 0.334 e. The van der Waals surface area contributed by atoms with Gasteiger partial charge in [0.25, 0.3) is 0 Å². The van der Waals surface area contributed by atoms with Gasteiger partial charge in [0.05, 0.1) is 6.10 Å².